The van der Waals surface area contributed by atoms with Crippen LogP contribution < -0.4 is 0 Å². The first-order chi connectivity index (χ1) is 23.1. The summed E-state index contributed by atoms with van der Waals surface area (Å²) in [5, 5.41) is 4.64. The lowest BCUT2D eigenvalue weighted by atomic mass is 9.81. The number of rotatable bonds is 3. The highest BCUT2D eigenvalue weighted by Gasteiger charge is 2.40. The highest BCUT2D eigenvalue weighted by atomic mass is 16.3. The van der Waals surface area contributed by atoms with Crippen molar-refractivity contribution in [1.29, 1.82) is 0 Å². The van der Waals surface area contributed by atoms with E-state index in [0.717, 1.165) is 61.2 Å². The summed E-state index contributed by atoms with van der Waals surface area (Å²) in [7, 11) is 0. The molecule has 4 nitrogen and oxygen atoms in total. The molecule has 0 fully saturated rings. The van der Waals surface area contributed by atoms with Gasteiger partial charge in [-0.2, -0.15) is 0 Å². The van der Waals surface area contributed by atoms with E-state index in [9.17, 15) is 0 Å². The maximum atomic E-state index is 6.33. The molecule has 3 heterocycles. The van der Waals surface area contributed by atoms with Crippen LogP contribution in [0.25, 0.3) is 83.3 Å². The molecule has 0 saturated carbocycles. The number of benzene rings is 6. The molecule has 0 aliphatic heterocycles. The van der Waals surface area contributed by atoms with Crippen LogP contribution in [0.5, 0.6) is 0 Å². The number of furan rings is 1. The lowest BCUT2D eigenvalue weighted by Gasteiger charge is -2.24. The smallest absolute Gasteiger partial charge is 0.162 e. The Morgan fingerprint density at radius 2 is 1.21 bits per heavy atom. The molecule has 10 rings (SSSR count). The quantitative estimate of drug-likeness (QED) is 0.202. The molecule has 0 bridgehead atoms. The van der Waals surface area contributed by atoms with Crippen LogP contribution in [-0.2, 0) is 5.41 Å². The standard InChI is InChI=1S/C43H29N3O/c1-43(2)31-20-10-6-16-27(31)41-39(43)40(26-14-4-3-5-15-26)44-42(45-41)29-18-8-12-22-33(29)46-32-21-11-7-17-28(32)37-34(46)24-25-36-38(37)30-19-9-13-23-35(30)47-36/h3-25H,1-2H3. The second-order valence-corrected chi connectivity index (χ2v) is 13.0. The Bertz CT molecular complexity index is 2710. The zero-order valence-electron chi connectivity index (χ0n) is 26.0. The van der Waals surface area contributed by atoms with E-state index in [2.05, 4.69) is 146 Å². The first-order valence-electron chi connectivity index (χ1n) is 16.1. The molecule has 9 aromatic rings. The van der Waals surface area contributed by atoms with E-state index in [1.165, 1.54) is 27.5 Å². The third-order valence-corrected chi connectivity index (χ3v) is 10.00. The van der Waals surface area contributed by atoms with Crippen molar-refractivity contribution in [2.45, 2.75) is 19.3 Å². The summed E-state index contributed by atoms with van der Waals surface area (Å²) >= 11 is 0. The predicted octanol–water partition coefficient (Wildman–Crippen LogP) is 11.1. The summed E-state index contributed by atoms with van der Waals surface area (Å²) in [4.78, 5) is 10.9. The third-order valence-electron chi connectivity index (χ3n) is 10.00. The molecule has 0 N–H and O–H groups in total. The van der Waals surface area contributed by atoms with Crippen molar-refractivity contribution in [2.75, 3.05) is 0 Å². The van der Waals surface area contributed by atoms with Crippen LogP contribution >= 0.6 is 0 Å². The summed E-state index contributed by atoms with van der Waals surface area (Å²) in [6, 6.07) is 49.0. The van der Waals surface area contributed by atoms with Gasteiger partial charge in [0.15, 0.2) is 5.82 Å². The number of fused-ring (bicyclic) bond motifs is 10. The molecule has 0 saturated heterocycles. The van der Waals surface area contributed by atoms with E-state index in [0.29, 0.717) is 5.82 Å². The Hall–Kier alpha value is -6.00. The van der Waals surface area contributed by atoms with Crippen LogP contribution in [0.3, 0.4) is 0 Å². The molecular weight excluding hydrogens is 574 g/mol. The molecule has 0 amide bonds. The number of para-hydroxylation sites is 3. The fourth-order valence-corrected chi connectivity index (χ4v) is 7.93. The lowest BCUT2D eigenvalue weighted by molar-refractivity contribution is 0.658. The van der Waals surface area contributed by atoms with Crippen molar-refractivity contribution in [1.82, 2.24) is 14.5 Å². The van der Waals surface area contributed by atoms with Crippen molar-refractivity contribution in [3.63, 3.8) is 0 Å². The van der Waals surface area contributed by atoms with Gasteiger partial charge >= 0.3 is 0 Å². The molecule has 0 spiro atoms. The Morgan fingerprint density at radius 3 is 2.09 bits per heavy atom. The van der Waals surface area contributed by atoms with Gasteiger partial charge in [0.25, 0.3) is 0 Å². The van der Waals surface area contributed by atoms with E-state index in [-0.39, 0.29) is 5.41 Å². The van der Waals surface area contributed by atoms with Gasteiger partial charge in [-0.25, -0.2) is 9.97 Å². The van der Waals surface area contributed by atoms with Crippen molar-refractivity contribution in [2.24, 2.45) is 0 Å². The van der Waals surface area contributed by atoms with Crippen LogP contribution in [0.1, 0.15) is 25.0 Å². The monoisotopic (exact) mass is 603 g/mol. The van der Waals surface area contributed by atoms with Crippen molar-refractivity contribution < 1.29 is 4.42 Å². The first-order valence-corrected chi connectivity index (χ1v) is 16.1. The third kappa shape index (κ3) is 3.58. The largest absolute Gasteiger partial charge is 0.456 e. The van der Waals surface area contributed by atoms with Gasteiger partial charge in [-0.15, -0.1) is 0 Å². The van der Waals surface area contributed by atoms with Gasteiger partial charge in [0.1, 0.15) is 11.2 Å². The van der Waals surface area contributed by atoms with Crippen molar-refractivity contribution in [3.8, 4) is 39.6 Å². The average molecular weight is 604 g/mol. The molecule has 4 heteroatoms. The predicted molar refractivity (Wildman–Crippen MR) is 192 cm³/mol. The minimum Gasteiger partial charge on any atom is -0.456 e. The van der Waals surface area contributed by atoms with Gasteiger partial charge in [0, 0.05) is 49.2 Å². The van der Waals surface area contributed by atoms with Crippen LogP contribution in [0, 0.1) is 0 Å². The van der Waals surface area contributed by atoms with E-state index < -0.39 is 0 Å². The summed E-state index contributed by atoms with van der Waals surface area (Å²) in [6.07, 6.45) is 0. The average Bonchev–Trinajstić information content (AvgIpc) is 3.74. The van der Waals surface area contributed by atoms with Gasteiger partial charge in [0.2, 0.25) is 0 Å². The molecule has 1 aliphatic rings. The van der Waals surface area contributed by atoms with Crippen molar-refractivity contribution >= 4 is 43.7 Å². The number of aromatic nitrogens is 3. The zero-order chi connectivity index (χ0) is 31.3. The van der Waals surface area contributed by atoms with Gasteiger partial charge in [-0.3, -0.25) is 0 Å². The Kier molecular flexibility index (Phi) is 5.31. The fraction of sp³-hybridized carbons (Fsp3) is 0.0698. The topological polar surface area (TPSA) is 43.9 Å². The summed E-state index contributed by atoms with van der Waals surface area (Å²) in [5.74, 6) is 0.714. The van der Waals surface area contributed by atoms with E-state index in [1.807, 2.05) is 12.1 Å². The van der Waals surface area contributed by atoms with E-state index in [4.69, 9.17) is 14.4 Å². The molecule has 0 unspecified atom stereocenters. The summed E-state index contributed by atoms with van der Waals surface area (Å²) < 4.78 is 8.70. The lowest BCUT2D eigenvalue weighted by Crippen LogP contribution is -2.17. The number of hydrogen-bond acceptors (Lipinski definition) is 3. The molecular formula is C43H29N3O. The second kappa shape index (κ2) is 9.51. The summed E-state index contributed by atoms with van der Waals surface area (Å²) in [5.41, 5.74) is 12.6. The minimum atomic E-state index is -0.235. The van der Waals surface area contributed by atoms with Gasteiger partial charge in [-0.1, -0.05) is 117 Å². The van der Waals surface area contributed by atoms with Crippen LogP contribution in [0.15, 0.2) is 144 Å². The second-order valence-electron chi connectivity index (χ2n) is 13.0. The van der Waals surface area contributed by atoms with Crippen LogP contribution in [-0.4, -0.2) is 14.5 Å². The highest BCUT2D eigenvalue weighted by molar-refractivity contribution is 6.27. The van der Waals surface area contributed by atoms with E-state index >= 15 is 0 Å². The highest BCUT2D eigenvalue weighted by Crippen LogP contribution is 2.51. The molecule has 47 heavy (non-hydrogen) atoms. The van der Waals surface area contributed by atoms with Crippen LogP contribution in [0.2, 0.25) is 0 Å². The first kappa shape index (κ1) is 26.2. The normalized spacial score (nSPS) is 13.5. The van der Waals surface area contributed by atoms with E-state index in [1.54, 1.807) is 0 Å². The SMILES string of the molecule is CC1(C)c2ccccc2-c2nc(-c3ccccc3-n3c4ccccc4c4c5c(ccc43)oc3ccccc35)nc(-c3ccccc3)c21. The fourth-order valence-electron chi connectivity index (χ4n) is 7.93. The summed E-state index contributed by atoms with van der Waals surface area (Å²) in [6.45, 7) is 4.58. The molecule has 0 atom stereocenters. The van der Waals surface area contributed by atoms with Gasteiger partial charge < -0.3 is 8.98 Å². The molecule has 1 aliphatic carbocycles. The molecule has 0 radical (unpaired) electrons. The number of hydrogen-bond donors (Lipinski definition) is 0. The molecule has 222 valence electrons. The Morgan fingerprint density at radius 1 is 0.532 bits per heavy atom. The zero-order valence-corrected chi connectivity index (χ0v) is 26.0. The van der Waals surface area contributed by atoms with Gasteiger partial charge in [-0.05, 0) is 42.0 Å². The maximum Gasteiger partial charge on any atom is 0.162 e. The van der Waals surface area contributed by atoms with Crippen molar-refractivity contribution in [3.05, 3.63) is 151 Å². The molecule has 3 aromatic heterocycles. The number of nitrogens with zero attached hydrogens (tertiary/aromatic N) is 3. The van der Waals surface area contributed by atoms with Crippen LogP contribution in [0.4, 0.5) is 0 Å². The maximum absolute atomic E-state index is 6.33. The van der Waals surface area contributed by atoms with Gasteiger partial charge in [0.05, 0.1) is 28.1 Å². The minimum absolute atomic E-state index is 0.235. The molecule has 6 aromatic carbocycles. The Balaban J connectivity index is 1.30. The Labute approximate surface area is 271 Å².